The molecule has 6 nitrogen and oxygen atoms in total. The van der Waals surface area contributed by atoms with Crippen molar-refractivity contribution in [2.24, 2.45) is 23.5 Å². The molecule has 6 heteroatoms. The Bertz CT molecular complexity index is 744. The molecule has 4 rings (SSSR count). The van der Waals surface area contributed by atoms with E-state index in [-0.39, 0.29) is 17.7 Å². The van der Waals surface area contributed by atoms with Crippen LogP contribution in [0.3, 0.4) is 0 Å². The van der Waals surface area contributed by atoms with Gasteiger partial charge in [0.15, 0.2) is 0 Å². The Morgan fingerprint density at radius 2 is 1.82 bits per heavy atom. The van der Waals surface area contributed by atoms with E-state index >= 15 is 0 Å². The molecule has 3 fully saturated rings. The third kappa shape index (κ3) is 3.67. The van der Waals surface area contributed by atoms with Crippen molar-refractivity contribution in [2.75, 3.05) is 46.3 Å². The van der Waals surface area contributed by atoms with Gasteiger partial charge in [0.25, 0.3) is 0 Å². The van der Waals surface area contributed by atoms with Gasteiger partial charge >= 0.3 is 0 Å². The molecular weight excluding hydrogens is 352 g/mol. The topological polar surface area (TPSA) is 69.9 Å². The highest BCUT2D eigenvalue weighted by atomic mass is 16.2. The van der Waals surface area contributed by atoms with Crippen molar-refractivity contribution in [3.8, 4) is 0 Å². The van der Waals surface area contributed by atoms with Gasteiger partial charge in [-0.3, -0.25) is 19.4 Å². The molecule has 28 heavy (non-hydrogen) atoms. The lowest BCUT2D eigenvalue weighted by Crippen LogP contribution is -2.45. The Labute approximate surface area is 167 Å². The molecule has 1 aromatic carbocycles. The zero-order valence-corrected chi connectivity index (χ0v) is 17.0. The van der Waals surface area contributed by atoms with Crippen LogP contribution in [0.1, 0.15) is 30.0 Å². The summed E-state index contributed by atoms with van der Waals surface area (Å²) in [6.07, 6.45) is 1.54. The van der Waals surface area contributed by atoms with E-state index < -0.39 is 0 Å². The summed E-state index contributed by atoms with van der Waals surface area (Å²) in [6.45, 7) is 7.00. The number of hydrogen-bond donors (Lipinski definition) is 1. The Morgan fingerprint density at radius 1 is 1.11 bits per heavy atom. The van der Waals surface area contributed by atoms with Crippen LogP contribution in [0, 0.1) is 24.7 Å². The Balaban J connectivity index is 1.37. The molecule has 3 saturated heterocycles. The van der Waals surface area contributed by atoms with Gasteiger partial charge in [-0.1, -0.05) is 24.3 Å². The van der Waals surface area contributed by atoms with E-state index in [1.807, 2.05) is 0 Å². The molecule has 3 aliphatic rings. The molecule has 0 spiro atoms. The lowest BCUT2D eigenvalue weighted by molar-refractivity contribution is -0.132. The quantitative estimate of drug-likeness (QED) is 0.848. The van der Waals surface area contributed by atoms with Gasteiger partial charge in [-0.2, -0.15) is 0 Å². The van der Waals surface area contributed by atoms with Crippen LogP contribution in [0.4, 0.5) is 0 Å². The lowest BCUT2D eigenvalue weighted by Gasteiger charge is -2.32. The van der Waals surface area contributed by atoms with E-state index in [9.17, 15) is 9.59 Å². The van der Waals surface area contributed by atoms with Crippen LogP contribution in [0.15, 0.2) is 24.3 Å². The van der Waals surface area contributed by atoms with Gasteiger partial charge in [0.1, 0.15) is 0 Å². The minimum absolute atomic E-state index is 0.0251. The first-order valence-electron chi connectivity index (χ1n) is 10.5. The van der Waals surface area contributed by atoms with Crippen LogP contribution in [0.2, 0.25) is 0 Å². The number of hydrogen-bond acceptors (Lipinski definition) is 4. The van der Waals surface area contributed by atoms with E-state index in [1.165, 1.54) is 11.1 Å². The number of nitrogens with zero attached hydrogens (tertiary/aromatic N) is 3. The van der Waals surface area contributed by atoms with E-state index in [0.29, 0.717) is 24.4 Å². The maximum absolute atomic E-state index is 12.9. The number of benzene rings is 1. The summed E-state index contributed by atoms with van der Waals surface area (Å²) in [4.78, 5) is 31.0. The molecule has 0 aromatic heterocycles. The standard InChI is InChI=1S/C22H32N4O2/c1-15-5-3-4-6-18(15)21-19-13-26(12-17(19)11-24(21)2)20(27)14-25-9-7-16(8-10-25)22(23)28/h3-6,16-17,19,21H,7-14H2,1-2H3,(H2,23,28)/t17-,19+,21-/m0/s1. The van der Waals surface area contributed by atoms with E-state index in [4.69, 9.17) is 5.73 Å². The number of rotatable bonds is 4. The Morgan fingerprint density at radius 3 is 2.50 bits per heavy atom. The smallest absolute Gasteiger partial charge is 0.236 e. The summed E-state index contributed by atoms with van der Waals surface area (Å²) < 4.78 is 0. The van der Waals surface area contributed by atoms with Gasteiger partial charge in [0.2, 0.25) is 11.8 Å². The molecule has 2 amide bonds. The molecule has 3 atom stereocenters. The third-order valence-electron chi connectivity index (χ3n) is 7.10. The van der Waals surface area contributed by atoms with Gasteiger partial charge in [0.05, 0.1) is 6.54 Å². The summed E-state index contributed by atoms with van der Waals surface area (Å²) in [5.74, 6) is 1.07. The first-order chi connectivity index (χ1) is 13.4. The summed E-state index contributed by atoms with van der Waals surface area (Å²) in [5.41, 5.74) is 8.15. The highest BCUT2D eigenvalue weighted by Gasteiger charge is 2.47. The van der Waals surface area contributed by atoms with Crippen LogP contribution in [0.25, 0.3) is 0 Å². The molecule has 0 aliphatic carbocycles. The van der Waals surface area contributed by atoms with Crippen molar-refractivity contribution < 1.29 is 9.59 Å². The van der Waals surface area contributed by atoms with Gasteiger partial charge in [-0.25, -0.2) is 0 Å². The number of primary amides is 1. The zero-order valence-electron chi connectivity index (χ0n) is 17.0. The number of carbonyl (C=O) groups is 2. The van der Waals surface area contributed by atoms with E-state index in [2.05, 4.69) is 52.9 Å². The van der Waals surface area contributed by atoms with Gasteiger partial charge in [-0.15, -0.1) is 0 Å². The highest BCUT2D eigenvalue weighted by Crippen LogP contribution is 2.44. The average molecular weight is 385 g/mol. The minimum Gasteiger partial charge on any atom is -0.369 e. The van der Waals surface area contributed by atoms with Crippen molar-refractivity contribution in [1.29, 1.82) is 0 Å². The first-order valence-corrected chi connectivity index (χ1v) is 10.5. The number of piperidine rings is 1. The van der Waals surface area contributed by atoms with Gasteiger partial charge in [-0.05, 0) is 56.9 Å². The molecule has 0 radical (unpaired) electrons. The first kappa shape index (κ1) is 19.4. The Hall–Kier alpha value is -1.92. The summed E-state index contributed by atoms with van der Waals surface area (Å²) in [7, 11) is 2.21. The highest BCUT2D eigenvalue weighted by molar-refractivity contribution is 5.79. The fourth-order valence-electron chi connectivity index (χ4n) is 5.51. The Kier molecular flexibility index (Phi) is 5.43. The zero-order chi connectivity index (χ0) is 19.8. The monoisotopic (exact) mass is 384 g/mol. The minimum atomic E-state index is -0.204. The van der Waals surface area contributed by atoms with Gasteiger partial charge < -0.3 is 10.6 Å². The third-order valence-corrected chi connectivity index (χ3v) is 7.10. The van der Waals surface area contributed by atoms with E-state index in [1.54, 1.807) is 0 Å². The van der Waals surface area contributed by atoms with Crippen molar-refractivity contribution in [3.05, 3.63) is 35.4 Å². The maximum Gasteiger partial charge on any atom is 0.236 e. The fourth-order valence-corrected chi connectivity index (χ4v) is 5.51. The number of carbonyl (C=O) groups excluding carboxylic acids is 2. The second-order valence-corrected chi connectivity index (χ2v) is 8.92. The van der Waals surface area contributed by atoms with Crippen molar-refractivity contribution in [1.82, 2.24) is 14.7 Å². The molecule has 0 saturated carbocycles. The van der Waals surface area contributed by atoms with Crippen molar-refractivity contribution >= 4 is 11.8 Å². The normalized spacial score (nSPS) is 29.2. The molecule has 3 aliphatic heterocycles. The van der Waals surface area contributed by atoms with Crippen LogP contribution < -0.4 is 5.73 Å². The maximum atomic E-state index is 12.9. The predicted octanol–water partition coefficient (Wildman–Crippen LogP) is 1.25. The lowest BCUT2D eigenvalue weighted by atomic mass is 9.88. The molecule has 152 valence electrons. The van der Waals surface area contributed by atoms with Crippen molar-refractivity contribution in [2.45, 2.75) is 25.8 Å². The molecule has 3 heterocycles. The fraction of sp³-hybridized carbons (Fsp3) is 0.636. The number of aryl methyl sites for hydroxylation is 1. The molecule has 1 aromatic rings. The van der Waals surface area contributed by atoms with Crippen LogP contribution >= 0.6 is 0 Å². The average Bonchev–Trinajstić information content (AvgIpc) is 3.20. The van der Waals surface area contributed by atoms with E-state index in [0.717, 1.165) is 45.6 Å². The molecule has 0 unspecified atom stereocenters. The molecule has 0 bridgehead atoms. The van der Waals surface area contributed by atoms with Crippen LogP contribution in [-0.2, 0) is 9.59 Å². The van der Waals surface area contributed by atoms with Crippen LogP contribution in [0.5, 0.6) is 0 Å². The molecule has 2 N–H and O–H groups in total. The number of fused-ring (bicyclic) bond motifs is 1. The summed E-state index contributed by atoms with van der Waals surface area (Å²) in [6, 6.07) is 9.04. The SMILES string of the molecule is Cc1ccccc1[C@H]1[C@@H]2CN(C(=O)CN3CCC(C(N)=O)CC3)C[C@@H]2CN1C. The number of likely N-dealkylation sites (tertiary alicyclic amines) is 3. The van der Waals surface area contributed by atoms with Crippen molar-refractivity contribution in [3.63, 3.8) is 0 Å². The largest absolute Gasteiger partial charge is 0.369 e. The predicted molar refractivity (Wildman–Crippen MR) is 108 cm³/mol. The second-order valence-electron chi connectivity index (χ2n) is 8.92. The second kappa shape index (κ2) is 7.84. The number of amides is 2. The van der Waals surface area contributed by atoms with Gasteiger partial charge in [0, 0.05) is 37.5 Å². The summed E-state index contributed by atoms with van der Waals surface area (Å²) in [5, 5.41) is 0. The molecular formula is C22H32N4O2. The number of nitrogens with two attached hydrogens (primary N) is 1. The summed E-state index contributed by atoms with van der Waals surface area (Å²) >= 11 is 0. The van der Waals surface area contributed by atoms with Crippen LogP contribution in [-0.4, -0.2) is 72.8 Å².